The molecule has 6 nitrogen and oxygen atoms in total. The number of piperazine rings is 1. The average Bonchev–Trinajstić information content (AvgIpc) is 3.21. The lowest BCUT2D eigenvalue weighted by Crippen LogP contribution is -2.47. The first-order chi connectivity index (χ1) is 15.0. The Morgan fingerprint density at radius 1 is 0.903 bits per heavy atom. The van der Waals surface area contributed by atoms with Crippen LogP contribution in [0.3, 0.4) is 0 Å². The molecule has 0 amide bonds. The molecule has 1 aliphatic heterocycles. The van der Waals surface area contributed by atoms with Gasteiger partial charge in [0.1, 0.15) is 0 Å². The fraction of sp³-hybridized carbons (Fsp3) is 0.292. The Balaban J connectivity index is 1.44. The molecule has 160 valence electrons. The Morgan fingerprint density at radius 3 is 2.42 bits per heavy atom. The number of hydrogen-bond donors (Lipinski definition) is 2. The van der Waals surface area contributed by atoms with Crippen LogP contribution in [-0.4, -0.2) is 55.8 Å². The number of aromatic amines is 2. The molecule has 31 heavy (non-hydrogen) atoms. The summed E-state index contributed by atoms with van der Waals surface area (Å²) in [6.45, 7) is 5.69. The summed E-state index contributed by atoms with van der Waals surface area (Å²) in [5, 5.41) is 2.11. The van der Waals surface area contributed by atoms with E-state index in [0.717, 1.165) is 53.7 Å². The van der Waals surface area contributed by atoms with Crippen molar-refractivity contribution in [2.45, 2.75) is 13.0 Å². The molecule has 1 fully saturated rings. The van der Waals surface area contributed by atoms with E-state index < -0.39 is 11.0 Å². The van der Waals surface area contributed by atoms with E-state index in [1.165, 1.54) is 5.56 Å². The molecule has 2 aromatic heterocycles. The third kappa shape index (κ3) is 3.84. The summed E-state index contributed by atoms with van der Waals surface area (Å²) in [5.74, 6) is 0. The number of pyridine rings is 1. The third-order valence-corrected chi connectivity index (χ3v) is 7.45. The maximum absolute atomic E-state index is 12.7. The number of para-hydroxylation sites is 1. The van der Waals surface area contributed by atoms with Crippen molar-refractivity contribution in [3.05, 3.63) is 70.5 Å². The van der Waals surface area contributed by atoms with Crippen molar-refractivity contribution < 1.29 is 4.21 Å². The Bertz CT molecular complexity index is 1330. The van der Waals surface area contributed by atoms with Gasteiger partial charge in [0.05, 0.1) is 22.2 Å². The highest BCUT2D eigenvalue weighted by Gasteiger charge is 2.23. The predicted molar refractivity (Wildman–Crippen MR) is 127 cm³/mol. The van der Waals surface area contributed by atoms with Crippen LogP contribution in [-0.2, 0) is 11.0 Å². The van der Waals surface area contributed by atoms with E-state index in [-0.39, 0.29) is 11.6 Å². The molecule has 0 spiro atoms. The van der Waals surface area contributed by atoms with Crippen molar-refractivity contribution in [2.24, 2.45) is 0 Å². The number of aromatic nitrogens is 2. The van der Waals surface area contributed by atoms with Crippen molar-refractivity contribution in [3.63, 3.8) is 0 Å². The zero-order chi connectivity index (χ0) is 21.5. The summed E-state index contributed by atoms with van der Waals surface area (Å²) >= 11 is 0. The molecule has 2 atom stereocenters. The molecule has 1 saturated heterocycles. The first-order valence-electron chi connectivity index (χ1n) is 10.6. The fourth-order valence-electron chi connectivity index (χ4n) is 4.46. The molecule has 4 aromatic rings. The van der Waals surface area contributed by atoms with Crippen molar-refractivity contribution >= 4 is 32.8 Å². The molecular weight excluding hydrogens is 408 g/mol. The van der Waals surface area contributed by atoms with Crippen molar-refractivity contribution in [1.82, 2.24) is 19.2 Å². The number of hydrogen-bond acceptors (Lipinski definition) is 3. The van der Waals surface area contributed by atoms with Gasteiger partial charge >= 0.3 is 0 Å². The third-order valence-electron chi connectivity index (χ3n) is 6.36. The lowest BCUT2D eigenvalue weighted by molar-refractivity contribution is 0.149. The van der Waals surface area contributed by atoms with Crippen LogP contribution >= 0.6 is 0 Å². The van der Waals surface area contributed by atoms with E-state index in [9.17, 15) is 9.00 Å². The van der Waals surface area contributed by atoms with Crippen LogP contribution in [0.15, 0.2) is 59.4 Å². The molecule has 0 aliphatic carbocycles. The molecule has 0 radical (unpaired) electrons. The van der Waals surface area contributed by atoms with Crippen LogP contribution in [0.4, 0.5) is 0 Å². The predicted octanol–water partition coefficient (Wildman–Crippen LogP) is 3.65. The van der Waals surface area contributed by atoms with Crippen LogP contribution < -0.4 is 5.56 Å². The second-order valence-electron chi connectivity index (χ2n) is 8.19. The molecule has 1 aliphatic rings. The van der Waals surface area contributed by atoms with Gasteiger partial charge in [0.25, 0.3) is 5.56 Å². The summed E-state index contributed by atoms with van der Waals surface area (Å²) in [4.78, 5) is 21.5. The van der Waals surface area contributed by atoms with Crippen LogP contribution in [0.25, 0.3) is 33.1 Å². The molecule has 7 heteroatoms. The quantitative estimate of drug-likeness (QED) is 0.515. The second kappa shape index (κ2) is 8.07. The number of H-pyrrole nitrogens is 2. The number of nitrogens with zero attached hydrogens (tertiary/aromatic N) is 2. The molecular formula is C24H26N4O2S. The first-order valence-corrected chi connectivity index (χ1v) is 12.1. The van der Waals surface area contributed by atoms with Gasteiger partial charge in [-0.25, -0.2) is 8.51 Å². The molecule has 2 aromatic carbocycles. The highest BCUT2D eigenvalue weighted by atomic mass is 32.2. The largest absolute Gasteiger partial charge is 0.354 e. The molecule has 0 bridgehead atoms. The van der Waals surface area contributed by atoms with E-state index in [1.54, 1.807) is 6.26 Å². The summed E-state index contributed by atoms with van der Waals surface area (Å²) < 4.78 is 13.7. The SMILES string of the molecule is CC(c1ccc2[nH]c(-c3cc4ccccc4[nH]c3=O)cc2c1)N1CCN(S(C)=O)CC1. The number of benzene rings is 2. The topological polar surface area (TPSA) is 72.2 Å². The number of rotatable bonds is 4. The Kier molecular flexibility index (Phi) is 5.25. The van der Waals surface area contributed by atoms with E-state index >= 15 is 0 Å². The van der Waals surface area contributed by atoms with E-state index in [4.69, 9.17) is 0 Å². The van der Waals surface area contributed by atoms with Gasteiger partial charge in [0, 0.05) is 54.9 Å². The van der Waals surface area contributed by atoms with Crippen LogP contribution in [0.2, 0.25) is 0 Å². The molecule has 3 heterocycles. The minimum Gasteiger partial charge on any atom is -0.354 e. The van der Waals surface area contributed by atoms with E-state index in [0.29, 0.717) is 5.56 Å². The maximum Gasteiger partial charge on any atom is 0.257 e. The normalized spacial score (nSPS) is 17.9. The minimum atomic E-state index is -0.895. The highest BCUT2D eigenvalue weighted by Crippen LogP contribution is 2.28. The van der Waals surface area contributed by atoms with Gasteiger partial charge in [-0.1, -0.05) is 24.3 Å². The summed E-state index contributed by atoms with van der Waals surface area (Å²) in [6.07, 6.45) is 1.75. The fourth-order valence-corrected chi connectivity index (χ4v) is 5.14. The van der Waals surface area contributed by atoms with E-state index in [2.05, 4.69) is 46.1 Å². The second-order valence-corrected chi connectivity index (χ2v) is 9.56. The summed E-state index contributed by atoms with van der Waals surface area (Å²) in [6, 6.07) is 18.6. The van der Waals surface area contributed by atoms with Crippen LogP contribution in [0, 0.1) is 0 Å². The molecule has 5 rings (SSSR count). The monoisotopic (exact) mass is 434 g/mol. The zero-order valence-corrected chi connectivity index (χ0v) is 18.5. The number of nitrogens with one attached hydrogen (secondary N) is 2. The van der Waals surface area contributed by atoms with E-state index in [1.807, 2.05) is 34.6 Å². The molecule has 0 saturated carbocycles. The van der Waals surface area contributed by atoms with Gasteiger partial charge in [-0.05, 0) is 48.2 Å². The molecule has 2 N–H and O–H groups in total. The van der Waals surface area contributed by atoms with Crippen molar-refractivity contribution in [2.75, 3.05) is 32.4 Å². The van der Waals surface area contributed by atoms with Crippen LogP contribution in [0.5, 0.6) is 0 Å². The zero-order valence-electron chi connectivity index (χ0n) is 17.7. The first kappa shape index (κ1) is 20.2. The smallest absolute Gasteiger partial charge is 0.257 e. The molecule has 2 unspecified atom stereocenters. The van der Waals surface area contributed by atoms with Gasteiger partial charge in [-0.2, -0.15) is 0 Å². The Labute approximate surface area is 183 Å². The van der Waals surface area contributed by atoms with Gasteiger partial charge < -0.3 is 9.97 Å². The van der Waals surface area contributed by atoms with Gasteiger partial charge in [0.15, 0.2) is 0 Å². The standard InChI is InChI=1S/C24H26N4O2S/c1-16(27-9-11-28(12-10-27)31(2)30)17-7-8-22-19(13-17)15-23(25-22)20-14-18-5-3-4-6-21(18)26-24(20)29/h3-8,13-16,25H,9-12H2,1-2H3,(H,26,29). The number of fused-ring (bicyclic) bond motifs is 2. The average molecular weight is 435 g/mol. The minimum absolute atomic E-state index is 0.0926. The highest BCUT2D eigenvalue weighted by molar-refractivity contribution is 7.81. The van der Waals surface area contributed by atoms with Crippen LogP contribution in [0.1, 0.15) is 18.5 Å². The lowest BCUT2D eigenvalue weighted by atomic mass is 10.0. The van der Waals surface area contributed by atoms with Crippen molar-refractivity contribution in [3.8, 4) is 11.3 Å². The van der Waals surface area contributed by atoms with Gasteiger partial charge in [-0.3, -0.25) is 9.69 Å². The summed E-state index contributed by atoms with van der Waals surface area (Å²) in [5.41, 5.74) is 4.49. The summed E-state index contributed by atoms with van der Waals surface area (Å²) in [7, 11) is -0.895. The van der Waals surface area contributed by atoms with Gasteiger partial charge in [0.2, 0.25) is 0 Å². The lowest BCUT2D eigenvalue weighted by Gasteiger charge is -2.37. The van der Waals surface area contributed by atoms with Gasteiger partial charge in [-0.15, -0.1) is 0 Å². The van der Waals surface area contributed by atoms with Crippen molar-refractivity contribution in [1.29, 1.82) is 0 Å². The maximum atomic E-state index is 12.7. The Hall–Kier alpha value is -2.74. The Morgan fingerprint density at radius 2 is 1.65 bits per heavy atom.